The van der Waals surface area contributed by atoms with Crippen LogP contribution in [-0.4, -0.2) is 30.1 Å². The van der Waals surface area contributed by atoms with E-state index in [2.05, 4.69) is 166 Å². The Bertz CT molecular complexity index is 6760. The Morgan fingerprint density at radius 1 is 0.160 bits per heavy atom. The summed E-state index contributed by atoms with van der Waals surface area (Å²) in [5.41, 5.74) is 13.3. The SMILES string of the molecule is Fc1ccc(P(c2ccc(F)cc2)c2ccc(F)cc2)cc1.Fc1ccc(P(c2ccc(F)cc2)c2ccc(F)cc2)cc1.Fc1ccc(P(c2ccc(F)cc2)c2ccc(F)cc2)cc1.Fc1ccc(P(c2ccc(F)cc2)c2ccc(F)cc2)cc1.O=[N+]([O-])[O-].O=[N+]([O-])[O-].[Cu+].[Cu+].c1ccc(-c2ccnc3c2ccc2c(-c4ccccc4)ccnc23)cc1.c1ccc(-c2ccnc3c2ccc2c(-c4ccccc4)ccnc23)cc1. The van der Waals surface area contributed by atoms with Crippen molar-refractivity contribution in [3.63, 3.8) is 0 Å². The number of fused-ring (bicyclic) bond motifs is 6. The van der Waals surface area contributed by atoms with Crippen LogP contribution in [0.25, 0.3) is 88.1 Å². The summed E-state index contributed by atoms with van der Waals surface area (Å²) in [6.07, 6.45) is 7.50. The Labute approximate surface area is 880 Å². The van der Waals surface area contributed by atoms with Gasteiger partial charge in [0.25, 0.3) is 0 Å². The molecule has 12 nitrogen and oxygen atoms in total. The van der Waals surface area contributed by atoms with Gasteiger partial charge in [-0.25, -0.2) is 52.7 Å². The minimum Gasteiger partial charge on any atom is -0.356 e. The van der Waals surface area contributed by atoms with Crippen molar-refractivity contribution in [2.24, 2.45) is 0 Å². The summed E-state index contributed by atoms with van der Waals surface area (Å²) >= 11 is 0. The standard InChI is InChI=1S/2C24H16N2.4C18H12F3P.2Cu.2NO3/c2*1-3-7-17(8-4-1)19-13-15-25-23-21(19)11-12-22-20(14-16-26-24(22)23)18-9-5-2-6-10-18;4*19-13-1-7-16(8-2-13)22(17-9-3-14(20)4-10-17)18-11-5-15(21)6-12-18;;;2*2-1(3)4/h2*1-16H;4*1-12H;;;;/q;;;;;;2*+1;2*-1. The molecular formula is C120H80Cu2F12N6O6P4. The van der Waals surface area contributed by atoms with Gasteiger partial charge in [-0.1, -0.05) is 291 Å². The van der Waals surface area contributed by atoms with Crippen molar-refractivity contribution >= 4 is 139 Å². The predicted octanol–water partition coefficient (Wildman–Crippen LogP) is 27.2. The topological polar surface area (TPSA) is 184 Å². The van der Waals surface area contributed by atoms with E-state index in [9.17, 15) is 52.7 Å². The van der Waals surface area contributed by atoms with Gasteiger partial charge in [-0.05, 0) is 310 Å². The van der Waals surface area contributed by atoms with Gasteiger partial charge in [0.1, 0.15) is 69.8 Å². The van der Waals surface area contributed by atoms with Crippen LogP contribution in [0.3, 0.4) is 0 Å². The summed E-state index contributed by atoms with van der Waals surface area (Å²) in [6, 6.07) is 133. The maximum absolute atomic E-state index is 13.2. The van der Waals surface area contributed by atoms with Gasteiger partial charge < -0.3 is 30.6 Å². The zero-order valence-corrected chi connectivity index (χ0v) is 83.7. The molecule has 0 bridgehead atoms. The second kappa shape index (κ2) is 54.6. The third-order valence-corrected chi connectivity index (χ3v) is 32.4. The maximum Gasteiger partial charge on any atom is 1.00 e. The van der Waals surface area contributed by atoms with E-state index in [1.807, 2.05) is 49.1 Å². The van der Waals surface area contributed by atoms with Gasteiger partial charge in [-0.2, -0.15) is 0 Å². The fraction of sp³-hybridized carbons (Fsp3) is 0. The van der Waals surface area contributed by atoms with Gasteiger partial charge in [-0.15, -0.1) is 0 Å². The molecule has 4 aromatic heterocycles. The van der Waals surface area contributed by atoms with Crippen molar-refractivity contribution in [3.8, 4) is 44.5 Å². The van der Waals surface area contributed by atoms with E-state index in [0.717, 1.165) is 107 Å². The van der Waals surface area contributed by atoms with Crippen molar-refractivity contribution in [1.82, 2.24) is 19.9 Å². The Kier molecular flexibility index (Phi) is 40.4. The average Bonchev–Trinajstić information content (AvgIpc) is 0.755. The molecule has 0 N–H and O–H groups in total. The fourth-order valence-corrected chi connectivity index (χ4v) is 24.9. The van der Waals surface area contributed by atoms with Crippen LogP contribution in [0.5, 0.6) is 0 Å². The molecule has 0 fully saturated rings. The van der Waals surface area contributed by atoms with Crippen LogP contribution in [-0.2, 0) is 34.1 Å². The summed E-state index contributed by atoms with van der Waals surface area (Å²) in [5, 5.41) is 45.1. The molecule has 0 aliphatic rings. The number of hydrogen-bond acceptors (Lipinski definition) is 10. The van der Waals surface area contributed by atoms with E-state index in [1.54, 1.807) is 146 Å². The predicted molar refractivity (Wildman–Crippen MR) is 577 cm³/mol. The average molecular weight is 2180 g/mol. The number of aromatic nitrogens is 4. The minimum atomic E-state index is -1.75. The molecule has 22 aromatic rings. The van der Waals surface area contributed by atoms with Crippen LogP contribution in [0.15, 0.2) is 486 Å². The molecular weight excluding hydrogens is 2100 g/mol. The van der Waals surface area contributed by atoms with Crippen LogP contribution in [0.4, 0.5) is 52.7 Å². The number of hydrogen-bond donors (Lipinski definition) is 0. The molecule has 18 aromatic carbocycles. The summed E-state index contributed by atoms with van der Waals surface area (Å²) in [6.45, 7) is 0. The number of halogens is 12. The number of nitrogens with zero attached hydrogens (tertiary/aromatic N) is 6. The molecule has 752 valence electrons. The van der Waals surface area contributed by atoms with Gasteiger partial charge in [0, 0.05) is 46.3 Å². The van der Waals surface area contributed by atoms with Crippen LogP contribution in [0.1, 0.15) is 0 Å². The zero-order valence-electron chi connectivity index (χ0n) is 78.2. The van der Waals surface area contributed by atoms with Crippen molar-refractivity contribution in [2.45, 2.75) is 0 Å². The fourth-order valence-electron chi connectivity index (χ4n) is 16.0. The normalized spacial score (nSPS) is 10.6. The van der Waals surface area contributed by atoms with Gasteiger partial charge in [-0.3, -0.25) is 19.9 Å². The molecule has 0 aliphatic heterocycles. The molecule has 150 heavy (non-hydrogen) atoms. The summed E-state index contributed by atoms with van der Waals surface area (Å²) < 4.78 is 158. The third-order valence-electron chi connectivity index (χ3n) is 22.6. The quantitative estimate of drug-likeness (QED) is 0.0225. The minimum absolute atomic E-state index is 0. The second-order valence-electron chi connectivity index (χ2n) is 32.1. The van der Waals surface area contributed by atoms with Gasteiger partial charge in [0.05, 0.1) is 32.2 Å². The molecule has 0 saturated carbocycles. The van der Waals surface area contributed by atoms with Crippen molar-refractivity contribution in [3.05, 3.63) is 586 Å². The smallest absolute Gasteiger partial charge is 0.356 e. The Balaban J connectivity index is 0.000000148. The van der Waals surface area contributed by atoms with E-state index in [1.165, 1.54) is 190 Å². The second-order valence-corrected chi connectivity index (χ2v) is 41.0. The zero-order chi connectivity index (χ0) is 104. The van der Waals surface area contributed by atoms with Crippen molar-refractivity contribution in [1.29, 1.82) is 0 Å². The van der Waals surface area contributed by atoms with E-state index >= 15 is 0 Å². The van der Waals surface area contributed by atoms with E-state index in [-0.39, 0.29) is 104 Å². The van der Waals surface area contributed by atoms with Crippen LogP contribution in [0, 0.1) is 100 Å². The van der Waals surface area contributed by atoms with Gasteiger partial charge in [0.15, 0.2) is 0 Å². The Morgan fingerprint density at radius 2 is 0.267 bits per heavy atom. The monoisotopic (exact) mass is 2180 g/mol. The van der Waals surface area contributed by atoms with Gasteiger partial charge in [0.2, 0.25) is 0 Å². The molecule has 30 heteroatoms. The molecule has 0 unspecified atom stereocenters. The largest absolute Gasteiger partial charge is 1.00 e. The molecule has 0 amide bonds. The molecule has 0 saturated heterocycles. The molecule has 4 heterocycles. The van der Waals surface area contributed by atoms with Crippen LogP contribution < -0.4 is 63.7 Å². The van der Waals surface area contributed by atoms with Crippen molar-refractivity contribution < 1.29 is 97.0 Å². The molecule has 0 atom stereocenters. The first-order chi connectivity index (χ1) is 71.8. The van der Waals surface area contributed by atoms with E-state index in [0.29, 0.717) is 0 Å². The summed E-state index contributed by atoms with van der Waals surface area (Å²) in [4.78, 5) is 35.2. The first-order valence-corrected chi connectivity index (χ1v) is 50.6. The van der Waals surface area contributed by atoms with Crippen LogP contribution >= 0.6 is 31.7 Å². The van der Waals surface area contributed by atoms with Gasteiger partial charge >= 0.3 is 34.1 Å². The molecule has 0 spiro atoms. The molecule has 22 rings (SSSR count). The van der Waals surface area contributed by atoms with Crippen molar-refractivity contribution in [2.75, 3.05) is 0 Å². The molecule has 0 aliphatic carbocycles. The number of benzene rings is 18. The van der Waals surface area contributed by atoms with Crippen LogP contribution in [0.2, 0.25) is 0 Å². The first kappa shape index (κ1) is 111. The van der Waals surface area contributed by atoms with E-state index < -0.39 is 41.9 Å². The first-order valence-electron chi connectivity index (χ1n) is 45.3. The Morgan fingerprint density at radius 3 is 0.373 bits per heavy atom. The summed E-state index contributed by atoms with van der Waals surface area (Å²) in [5.74, 6) is -3.70. The number of pyridine rings is 4. The Hall–Kier alpha value is -16.1. The molecule has 0 radical (unpaired) electrons. The third kappa shape index (κ3) is 30.1. The maximum atomic E-state index is 13.2. The summed E-state index contributed by atoms with van der Waals surface area (Å²) in [7, 11) is -3.93. The number of rotatable bonds is 16. The van der Waals surface area contributed by atoms with E-state index in [4.69, 9.17) is 30.6 Å².